The number of esters is 1. The maximum absolute atomic E-state index is 14.2. The fraction of sp³-hybridized carbons (Fsp3) is 0.471. The van der Waals surface area contributed by atoms with Crippen molar-refractivity contribution < 1.29 is 19.1 Å². The molecule has 0 spiro atoms. The lowest BCUT2D eigenvalue weighted by Crippen LogP contribution is -2.68. The van der Waals surface area contributed by atoms with Gasteiger partial charge in [-0.25, -0.2) is 0 Å². The second-order valence-corrected chi connectivity index (χ2v) is 12.2. The number of fused-ring (bicyclic) bond motifs is 2. The van der Waals surface area contributed by atoms with Crippen molar-refractivity contribution in [1.82, 2.24) is 9.80 Å². The Labute approximate surface area is 238 Å². The number of likely N-dealkylation sites (N-methyl/N-ethyl adjacent to an activating group) is 1. The van der Waals surface area contributed by atoms with Crippen LogP contribution in [0.25, 0.3) is 10.8 Å². The maximum atomic E-state index is 14.2. The molecule has 40 heavy (non-hydrogen) atoms. The summed E-state index contributed by atoms with van der Waals surface area (Å²) in [4.78, 5) is 31.2. The molecule has 1 heterocycles. The largest absolute Gasteiger partial charge is 0.497 e. The number of methoxy groups -OCH3 is 1. The molecular formula is C34H42N2O4. The van der Waals surface area contributed by atoms with Crippen LogP contribution in [0.2, 0.25) is 0 Å². The fourth-order valence-corrected chi connectivity index (χ4v) is 7.23. The van der Waals surface area contributed by atoms with E-state index in [1.807, 2.05) is 42.5 Å². The van der Waals surface area contributed by atoms with Crippen molar-refractivity contribution in [2.75, 3.05) is 33.8 Å². The number of benzene rings is 3. The molecule has 1 amide bonds. The van der Waals surface area contributed by atoms with E-state index in [2.05, 4.69) is 55.0 Å². The van der Waals surface area contributed by atoms with E-state index in [9.17, 15) is 9.59 Å². The maximum Gasteiger partial charge on any atom is 0.303 e. The summed E-state index contributed by atoms with van der Waals surface area (Å²) in [5.41, 5.74) is 0.717. The van der Waals surface area contributed by atoms with Gasteiger partial charge in [-0.1, -0.05) is 56.3 Å². The van der Waals surface area contributed by atoms with Crippen molar-refractivity contribution in [1.29, 1.82) is 0 Å². The van der Waals surface area contributed by atoms with Gasteiger partial charge in [-0.3, -0.25) is 9.59 Å². The standard InChI is InChI=1S/C34H42N2O4/c1-24(2)22-36(32(38)28-14-13-26-9-6-7-10-27(26)19-28)30-15-16-34(40-25(3)37)23-35(4)18-17-33(34,21-30)29-11-8-12-31(20-29)39-5/h6-14,19-20,24,30H,15-18,21-23H2,1-5H3. The monoisotopic (exact) mass is 542 g/mol. The van der Waals surface area contributed by atoms with Gasteiger partial charge < -0.3 is 19.3 Å². The minimum atomic E-state index is -0.676. The Balaban J connectivity index is 1.58. The summed E-state index contributed by atoms with van der Waals surface area (Å²) < 4.78 is 12.0. The predicted octanol–water partition coefficient (Wildman–Crippen LogP) is 6.07. The number of hydrogen-bond donors (Lipinski definition) is 0. The lowest BCUT2D eigenvalue weighted by atomic mass is 9.55. The van der Waals surface area contributed by atoms with Crippen molar-refractivity contribution in [3.63, 3.8) is 0 Å². The molecule has 212 valence electrons. The molecule has 3 aromatic carbocycles. The third-order valence-electron chi connectivity index (χ3n) is 9.00. The van der Waals surface area contributed by atoms with Crippen LogP contribution in [0, 0.1) is 5.92 Å². The number of hydrogen-bond acceptors (Lipinski definition) is 5. The van der Waals surface area contributed by atoms with Crippen molar-refractivity contribution in [2.24, 2.45) is 5.92 Å². The van der Waals surface area contributed by atoms with Crippen LogP contribution in [0.5, 0.6) is 5.75 Å². The van der Waals surface area contributed by atoms with Gasteiger partial charge in [0.1, 0.15) is 11.4 Å². The topological polar surface area (TPSA) is 59.1 Å². The number of nitrogens with zero attached hydrogens (tertiary/aromatic N) is 2. The highest BCUT2D eigenvalue weighted by Crippen LogP contribution is 2.55. The first-order chi connectivity index (χ1) is 19.2. The van der Waals surface area contributed by atoms with Gasteiger partial charge in [0.05, 0.1) is 7.11 Å². The molecule has 0 N–H and O–H groups in total. The van der Waals surface area contributed by atoms with E-state index < -0.39 is 11.0 Å². The summed E-state index contributed by atoms with van der Waals surface area (Å²) in [6.45, 7) is 8.07. The average Bonchev–Trinajstić information content (AvgIpc) is 2.94. The third-order valence-corrected chi connectivity index (χ3v) is 9.00. The Bertz CT molecular complexity index is 1390. The molecular weight excluding hydrogens is 500 g/mol. The van der Waals surface area contributed by atoms with Crippen LogP contribution < -0.4 is 4.74 Å². The molecule has 3 unspecified atom stereocenters. The molecule has 1 aliphatic carbocycles. The highest BCUT2D eigenvalue weighted by atomic mass is 16.6. The van der Waals surface area contributed by atoms with E-state index >= 15 is 0 Å². The molecule has 6 nitrogen and oxygen atoms in total. The molecule has 3 atom stereocenters. The number of piperidine rings is 1. The lowest BCUT2D eigenvalue weighted by Gasteiger charge is -2.60. The van der Waals surface area contributed by atoms with Crippen LogP contribution >= 0.6 is 0 Å². The second kappa shape index (κ2) is 11.2. The SMILES string of the molecule is COc1cccc(C23CCN(C)CC2(OC(C)=O)CCC(N(CC(C)C)C(=O)c2ccc4ccccc4c2)C3)c1. The molecule has 2 aliphatic rings. The van der Waals surface area contributed by atoms with Gasteiger partial charge in [-0.2, -0.15) is 0 Å². The summed E-state index contributed by atoms with van der Waals surface area (Å²) in [5, 5.41) is 2.19. The number of amides is 1. The Hall–Kier alpha value is -3.38. The Morgan fingerprint density at radius 3 is 2.52 bits per heavy atom. The minimum Gasteiger partial charge on any atom is -0.497 e. The smallest absolute Gasteiger partial charge is 0.303 e. The molecule has 1 saturated heterocycles. The van der Waals surface area contributed by atoms with E-state index in [0.717, 1.165) is 53.5 Å². The zero-order chi connectivity index (χ0) is 28.5. The number of carbonyl (C=O) groups is 2. The van der Waals surface area contributed by atoms with Gasteiger partial charge in [0, 0.05) is 37.0 Å². The number of carbonyl (C=O) groups excluding carboxylic acids is 2. The summed E-state index contributed by atoms with van der Waals surface area (Å²) in [6.07, 6.45) is 3.03. The molecule has 0 aromatic heterocycles. The number of likely N-dealkylation sites (tertiary alicyclic amines) is 1. The third kappa shape index (κ3) is 5.22. The van der Waals surface area contributed by atoms with Crippen molar-refractivity contribution >= 4 is 22.6 Å². The van der Waals surface area contributed by atoms with E-state index in [4.69, 9.17) is 9.47 Å². The molecule has 5 rings (SSSR count). The first kappa shape index (κ1) is 28.2. The van der Waals surface area contributed by atoms with E-state index in [1.165, 1.54) is 6.92 Å². The van der Waals surface area contributed by atoms with E-state index in [-0.39, 0.29) is 17.9 Å². The average molecular weight is 543 g/mol. The van der Waals surface area contributed by atoms with Crippen LogP contribution in [0.4, 0.5) is 0 Å². The van der Waals surface area contributed by atoms with Gasteiger partial charge in [0.25, 0.3) is 5.91 Å². The minimum absolute atomic E-state index is 0.0136. The number of rotatable bonds is 7. The summed E-state index contributed by atoms with van der Waals surface area (Å²) in [7, 11) is 3.78. The highest BCUT2D eigenvalue weighted by Gasteiger charge is 2.61. The zero-order valence-electron chi connectivity index (χ0n) is 24.5. The lowest BCUT2D eigenvalue weighted by molar-refractivity contribution is -0.187. The highest BCUT2D eigenvalue weighted by molar-refractivity contribution is 5.98. The Kier molecular flexibility index (Phi) is 7.92. The van der Waals surface area contributed by atoms with Crippen LogP contribution in [0.15, 0.2) is 66.7 Å². The fourth-order valence-electron chi connectivity index (χ4n) is 7.23. The molecule has 0 radical (unpaired) electrons. The summed E-state index contributed by atoms with van der Waals surface area (Å²) in [5.74, 6) is 0.913. The van der Waals surface area contributed by atoms with Gasteiger partial charge in [-0.05, 0) is 85.8 Å². The van der Waals surface area contributed by atoms with Crippen molar-refractivity contribution in [2.45, 2.75) is 63.5 Å². The van der Waals surface area contributed by atoms with Crippen molar-refractivity contribution in [3.8, 4) is 5.75 Å². The molecule has 0 bridgehead atoms. The van der Waals surface area contributed by atoms with Crippen LogP contribution in [0.3, 0.4) is 0 Å². The Morgan fingerprint density at radius 2 is 1.80 bits per heavy atom. The van der Waals surface area contributed by atoms with Crippen LogP contribution in [-0.2, 0) is 14.9 Å². The second-order valence-electron chi connectivity index (χ2n) is 12.2. The first-order valence-electron chi connectivity index (χ1n) is 14.5. The van der Waals surface area contributed by atoms with Crippen LogP contribution in [0.1, 0.15) is 62.4 Å². The predicted molar refractivity (Wildman–Crippen MR) is 159 cm³/mol. The van der Waals surface area contributed by atoms with Gasteiger partial charge in [0.2, 0.25) is 0 Å². The summed E-state index contributed by atoms with van der Waals surface area (Å²) >= 11 is 0. The molecule has 3 aromatic rings. The van der Waals surface area contributed by atoms with Gasteiger partial charge in [-0.15, -0.1) is 0 Å². The molecule has 1 aliphatic heterocycles. The summed E-state index contributed by atoms with van der Waals surface area (Å²) in [6, 6.07) is 22.4. The first-order valence-corrected chi connectivity index (χ1v) is 14.5. The van der Waals surface area contributed by atoms with Crippen molar-refractivity contribution in [3.05, 3.63) is 77.9 Å². The molecule has 2 fully saturated rings. The van der Waals surface area contributed by atoms with Crippen LogP contribution in [-0.4, -0.2) is 67.1 Å². The van der Waals surface area contributed by atoms with Gasteiger partial charge >= 0.3 is 5.97 Å². The zero-order valence-corrected chi connectivity index (χ0v) is 24.5. The van der Waals surface area contributed by atoms with E-state index in [1.54, 1.807) is 7.11 Å². The molecule has 6 heteroatoms. The number of ether oxygens (including phenoxy) is 2. The Morgan fingerprint density at radius 1 is 1.02 bits per heavy atom. The quantitative estimate of drug-likeness (QED) is 0.339. The normalized spacial score (nSPS) is 24.9. The van der Waals surface area contributed by atoms with E-state index in [0.29, 0.717) is 25.4 Å². The molecule has 1 saturated carbocycles. The van der Waals surface area contributed by atoms with Gasteiger partial charge in [0.15, 0.2) is 0 Å².